The number of hydrogen-bond acceptors (Lipinski definition) is 4. The van der Waals surface area contributed by atoms with Gasteiger partial charge >= 0.3 is 0 Å². The summed E-state index contributed by atoms with van der Waals surface area (Å²) in [4.78, 5) is 20.4. The molecule has 0 unspecified atom stereocenters. The molecule has 4 aromatic rings. The third kappa shape index (κ3) is 7.86. The van der Waals surface area contributed by atoms with Gasteiger partial charge in [-0.05, 0) is 17.2 Å². The first-order valence-corrected chi connectivity index (χ1v) is 11.4. The van der Waals surface area contributed by atoms with Gasteiger partial charge < -0.3 is 5.11 Å². The van der Waals surface area contributed by atoms with Gasteiger partial charge in [-0.2, -0.15) is 0 Å². The van der Waals surface area contributed by atoms with E-state index < -0.39 is 0 Å². The van der Waals surface area contributed by atoms with Crippen LogP contribution in [0, 0.1) is 17.9 Å². The number of hydrogen-bond donors (Lipinski definition) is 1. The predicted molar refractivity (Wildman–Crippen MR) is 136 cm³/mol. The van der Waals surface area contributed by atoms with Crippen LogP contribution in [0.2, 0.25) is 0 Å². The number of carbonyl (C=O) groups is 1. The van der Waals surface area contributed by atoms with Crippen LogP contribution in [0.25, 0.3) is 33.1 Å². The van der Waals surface area contributed by atoms with Gasteiger partial charge in [0.1, 0.15) is 0 Å². The summed E-state index contributed by atoms with van der Waals surface area (Å²) in [5.41, 5.74) is 1.91. The van der Waals surface area contributed by atoms with E-state index in [-0.39, 0.29) is 31.6 Å². The van der Waals surface area contributed by atoms with Crippen molar-refractivity contribution < 1.29 is 30.0 Å². The first kappa shape index (κ1) is 27.4. The molecule has 1 heterocycles. The Bertz CT molecular complexity index is 1250. The van der Waals surface area contributed by atoms with E-state index in [4.69, 9.17) is 4.98 Å². The van der Waals surface area contributed by atoms with Crippen molar-refractivity contribution in [2.75, 3.05) is 0 Å². The van der Waals surface area contributed by atoms with Crippen molar-refractivity contribution in [1.82, 2.24) is 9.97 Å². The zero-order valence-corrected chi connectivity index (χ0v) is 22.5. The minimum absolute atomic E-state index is 0. The van der Waals surface area contributed by atoms with Gasteiger partial charge in [0.15, 0.2) is 5.78 Å². The average molecular weight is 632 g/mol. The van der Waals surface area contributed by atoms with Gasteiger partial charge in [-0.1, -0.05) is 64.1 Å². The van der Waals surface area contributed by atoms with Gasteiger partial charge in [-0.3, -0.25) is 14.8 Å². The van der Waals surface area contributed by atoms with Crippen molar-refractivity contribution in [2.45, 2.75) is 40.5 Å². The molecule has 0 saturated carbocycles. The van der Waals surface area contributed by atoms with Crippen LogP contribution in [-0.4, -0.2) is 20.9 Å². The average Bonchev–Trinajstić information content (AvgIpc) is 2.78. The van der Waals surface area contributed by atoms with Gasteiger partial charge in [0, 0.05) is 56.0 Å². The number of aromatic nitrogens is 2. The second-order valence-corrected chi connectivity index (χ2v) is 8.99. The van der Waals surface area contributed by atoms with Crippen molar-refractivity contribution in [3.05, 3.63) is 84.8 Å². The monoisotopic (exact) mass is 632 g/mol. The fraction of sp³-hybridized carbons (Fsp3) is 0.276. The Kier molecular flexibility index (Phi) is 10.6. The van der Waals surface area contributed by atoms with E-state index in [2.05, 4.69) is 35.3 Å². The number of benzene rings is 3. The predicted octanol–water partition coefficient (Wildman–Crippen LogP) is 7.34. The van der Waals surface area contributed by atoms with Gasteiger partial charge in [-0.15, -0.1) is 35.9 Å². The van der Waals surface area contributed by atoms with Crippen LogP contribution < -0.4 is 0 Å². The third-order valence-electron chi connectivity index (χ3n) is 4.98. The summed E-state index contributed by atoms with van der Waals surface area (Å²) in [6.07, 6.45) is 4.34. The molecular weight excluding hydrogens is 601 g/mol. The largest absolute Gasteiger partial charge is 0.512 e. The SMILES string of the molecule is CC(C)CC(=O)C=C(O)CC(C)C.[Ir].[c-]1ccccc1-c1ncc2ccc3ccccc3c2n1. The Morgan fingerprint density at radius 1 is 0.941 bits per heavy atom. The summed E-state index contributed by atoms with van der Waals surface area (Å²) in [6, 6.07) is 23.4. The second-order valence-electron chi connectivity index (χ2n) is 8.99. The van der Waals surface area contributed by atoms with Crippen LogP contribution in [0.3, 0.4) is 0 Å². The van der Waals surface area contributed by atoms with Crippen LogP contribution in [-0.2, 0) is 24.9 Å². The van der Waals surface area contributed by atoms with E-state index >= 15 is 0 Å². The topological polar surface area (TPSA) is 63.1 Å². The molecule has 179 valence electrons. The zero-order valence-electron chi connectivity index (χ0n) is 20.1. The maximum Gasteiger partial charge on any atom is 0.159 e. The van der Waals surface area contributed by atoms with Crippen molar-refractivity contribution in [3.8, 4) is 11.4 Å². The van der Waals surface area contributed by atoms with Crippen molar-refractivity contribution in [2.24, 2.45) is 11.8 Å². The molecule has 1 radical (unpaired) electrons. The zero-order chi connectivity index (χ0) is 23.8. The summed E-state index contributed by atoms with van der Waals surface area (Å²) in [5, 5.41) is 12.8. The smallest absolute Gasteiger partial charge is 0.159 e. The Labute approximate surface area is 215 Å². The summed E-state index contributed by atoms with van der Waals surface area (Å²) >= 11 is 0. The number of nitrogens with zero attached hydrogens (tertiary/aromatic N) is 2. The molecule has 0 amide bonds. The first-order chi connectivity index (χ1) is 15.8. The fourth-order valence-electron chi connectivity index (χ4n) is 3.55. The Balaban J connectivity index is 0.000000258. The van der Waals surface area contributed by atoms with E-state index in [1.54, 1.807) is 0 Å². The summed E-state index contributed by atoms with van der Waals surface area (Å²) < 4.78 is 0. The second kappa shape index (κ2) is 13.1. The van der Waals surface area contributed by atoms with E-state index in [0.717, 1.165) is 27.7 Å². The number of aliphatic hydroxyl groups excluding tert-OH is 1. The molecule has 3 aromatic carbocycles. The number of fused-ring (bicyclic) bond motifs is 3. The number of allylic oxidation sites excluding steroid dienone is 2. The quantitative estimate of drug-likeness (QED) is 0.105. The molecule has 0 aliphatic rings. The Hall–Kier alpha value is -2.88. The van der Waals surface area contributed by atoms with Crippen molar-refractivity contribution in [3.63, 3.8) is 0 Å². The van der Waals surface area contributed by atoms with E-state index in [9.17, 15) is 9.90 Å². The maximum atomic E-state index is 11.2. The molecule has 0 bridgehead atoms. The molecule has 0 saturated heterocycles. The molecule has 0 aliphatic heterocycles. The Morgan fingerprint density at radius 3 is 2.29 bits per heavy atom. The molecule has 0 spiro atoms. The van der Waals surface area contributed by atoms with Crippen molar-refractivity contribution >= 4 is 27.5 Å². The molecule has 0 atom stereocenters. The molecule has 0 fully saturated rings. The standard InChI is InChI=1S/C18H11N2.C11H20O2.Ir/c1-2-7-14(8-3-1)18-19-12-15-11-10-13-6-4-5-9-16(13)17(15)20-18;1-8(2)5-10(12)7-11(13)6-9(3)4;/h1-7,9-12H;7-9,12H,5-6H2,1-4H3;/q-1;;. The number of aliphatic hydroxyl groups is 1. The fourth-order valence-corrected chi connectivity index (χ4v) is 3.55. The van der Waals surface area contributed by atoms with Crippen LogP contribution in [0.5, 0.6) is 0 Å². The molecule has 34 heavy (non-hydrogen) atoms. The van der Waals surface area contributed by atoms with E-state index in [1.807, 2.05) is 70.3 Å². The first-order valence-electron chi connectivity index (χ1n) is 11.4. The van der Waals surface area contributed by atoms with Gasteiger partial charge in [0.25, 0.3) is 0 Å². The minimum Gasteiger partial charge on any atom is -0.512 e. The molecule has 4 rings (SSSR count). The minimum atomic E-state index is 0. The summed E-state index contributed by atoms with van der Waals surface area (Å²) in [6.45, 7) is 8.00. The van der Waals surface area contributed by atoms with Gasteiger partial charge in [0.05, 0.1) is 17.1 Å². The maximum absolute atomic E-state index is 11.2. The molecule has 1 aromatic heterocycles. The Morgan fingerprint density at radius 2 is 1.62 bits per heavy atom. The normalized spacial score (nSPS) is 11.3. The van der Waals surface area contributed by atoms with Crippen LogP contribution in [0.4, 0.5) is 0 Å². The molecule has 5 heteroatoms. The molecule has 0 aliphatic carbocycles. The van der Waals surface area contributed by atoms with Crippen LogP contribution >= 0.6 is 0 Å². The van der Waals surface area contributed by atoms with Crippen LogP contribution in [0.1, 0.15) is 40.5 Å². The van der Waals surface area contributed by atoms with Crippen LogP contribution in [0.15, 0.2) is 78.7 Å². The summed E-state index contributed by atoms with van der Waals surface area (Å²) in [5.74, 6) is 1.70. The number of rotatable bonds is 6. The van der Waals surface area contributed by atoms with Gasteiger partial charge in [-0.25, -0.2) is 0 Å². The molecular formula is C29H31IrN2O2-. The third-order valence-corrected chi connectivity index (χ3v) is 4.98. The van der Waals surface area contributed by atoms with Crippen molar-refractivity contribution in [1.29, 1.82) is 0 Å². The molecule has 4 nitrogen and oxygen atoms in total. The van der Waals surface area contributed by atoms with E-state index in [1.165, 1.54) is 11.5 Å². The van der Waals surface area contributed by atoms with E-state index in [0.29, 0.717) is 24.7 Å². The number of ketones is 1. The summed E-state index contributed by atoms with van der Waals surface area (Å²) in [7, 11) is 0. The molecule has 1 N–H and O–H groups in total. The number of carbonyl (C=O) groups excluding carboxylic acids is 1. The van der Waals surface area contributed by atoms with Gasteiger partial charge in [0.2, 0.25) is 0 Å².